The summed E-state index contributed by atoms with van der Waals surface area (Å²) in [5, 5.41) is 29.0. The number of carbonyl (C=O) groups excluding carboxylic acids is 14. The monoisotopic (exact) mass is 1770 g/mol. The van der Waals surface area contributed by atoms with E-state index in [0.29, 0.717) is 58.0 Å². The molecule has 0 aliphatic carbocycles. The number of rotatable bonds is 14. The zero-order chi connectivity index (χ0) is 94.8. The molecule has 7 N–H and O–H groups in total. The minimum absolute atomic E-state index is 0.0120. The molecular formula is C93H144Cl2N12O17. The van der Waals surface area contributed by atoms with Gasteiger partial charge in [-0.25, -0.2) is 9.59 Å². The van der Waals surface area contributed by atoms with Crippen LogP contribution in [-0.2, 0) is 89.4 Å². The number of ether oxygens (including phenoxy) is 2. The quantitative estimate of drug-likeness (QED) is 0.0683. The maximum atomic E-state index is 14.3. The van der Waals surface area contributed by atoms with Gasteiger partial charge in [0.25, 0.3) is 0 Å². The average Bonchev–Trinajstić information content (AvgIpc) is 0.834. The molecule has 0 saturated heterocycles. The molecule has 0 fully saturated rings. The van der Waals surface area contributed by atoms with E-state index in [1.807, 2.05) is 81.4 Å². The molecule has 29 nitrogen and oxygen atoms in total. The second-order valence-electron chi connectivity index (χ2n) is 35.9. The Morgan fingerprint density at radius 3 is 1.11 bits per heavy atom. The van der Waals surface area contributed by atoms with Crippen molar-refractivity contribution in [3.05, 3.63) is 116 Å². The Labute approximate surface area is 746 Å². The van der Waals surface area contributed by atoms with Gasteiger partial charge in [-0.3, -0.25) is 57.5 Å². The minimum atomic E-state index is -1.59. The van der Waals surface area contributed by atoms with E-state index < -0.39 is 180 Å². The minimum Gasteiger partial charge on any atom is -0.456 e. The summed E-state index contributed by atoms with van der Waals surface area (Å²) in [5.41, 5.74) is 0.421. The number of esters is 2. The second-order valence-corrected chi connectivity index (χ2v) is 36.8. The van der Waals surface area contributed by atoms with Crippen molar-refractivity contribution in [1.82, 2.24) is 61.3 Å². The molecule has 692 valence electrons. The molecule has 2 aromatic rings. The SMILES string of the molecule is C/C=C(\C)[C@H]1OC(=O)C(C)(C)NC(=O)C([C@@H](C)CC)NC(=O)CN(C)C(=O)[C@@H](Cc2ccc(Cl)cc2)N(C)C(=O)[C@H](C)NC(=O)[C@@H](CC(C)C)N(C)C(=O)/C(C)=C/C[C@H](C)[C@@H]1C.C/C=C(\C)[C@H]1OC(=O)C(C)(C)NC(=O)C([C@@H](C)CC)NC(=O)CN(C)C(=O)[C@@H](Cc2ccc(Cl)cc2)N(C)C(=O)[C@H](C)NC(=O)[C@@H](CC(C)C)N(C)C(=O)/C(C)=C/C[C@H](O)[C@@H]1C. The number of nitrogens with zero attached hydrogens (tertiary/aromatic N) is 6. The predicted octanol–water partition coefficient (Wildman–Crippen LogP) is 9.67. The molecule has 2 heterocycles. The van der Waals surface area contributed by atoms with Crippen molar-refractivity contribution in [3.8, 4) is 0 Å². The standard InChI is InChI=1S/C47H73ClN6O8.C46H71ClN6O9/c1-16-28(5)39-42(57)51-47(11,12)46(61)62-40(29(6)17-2)32(9)30(7)18-19-31(8)43(58)53(14)36(24-27(3)4)41(56)49-33(10)44(59)54(15)37(25-34-20-22-35(48)23-21-34)45(60)52(13)26-38(55)50-39;1-15-27(5)38-41(57)50-46(10,11)45(61)62-39(28(6)16-2)30(8)36(54)22-17-29(7)42(58)52(13)34(23-26(3)4)40(56)48-31(9)43(59)53(14)35(24-32-18-20-33(47)21-19-32)44(60)51(12)25-37(55)49-38/h17,19-23,27-28,30,32-33,36-37,39-40H,16,18,24-26H2,1-15H3,(H,49,56)(H,50,55)(H,51,57);16-21,26-27,30-31,34-36,38-39,54H,15,22-25H2,1-14H3,(H,48,56)(H,49,55)(H,50,57)/b29-17+,31-19+;28-16+,29-17+/t28-,30-,32-,33-,36+,37+,39?,40+;27-,30-,31-,34+,35+,36-,38?,39+/m00/s1. The van der Waals surface area contributed by atoms with Crippen molar-refractivity contribution in [1.29, 1.82) is 0 Å². The van der Waals surface area contributed by atoms with Gasteiger partial charge in [0.05, 0.1) is 19.2 Å². The van der Waals surface area contributed by atoms with Gasteiger partial charge >= 0.3 is 11.9 Å². The normalized spacial score (nSPS) is 27.9. The number of halogens is 2. The fourth-order valence-corrected chi connectivity index (χ4v) is 14.7. The van der Waals surface area contributed by atoms with Crippen molar-refractivity contribution in [2.75, 3.05) is 55.4 Å². The van der Waals surface area contributed by atoms with E-state index in [4.69, 9.17) is 32.7 Å². The summed E-state index contributed by atoms with van der Waals surface area (Å²) in [5.74, 6) is -9.95. The first-order valence-electron chi connectivity index (χ1n) is 43.1. The van der Waals surface area contributed by atoms with Gasteiger partial charge in [0.15, 0.2) is 0 Å². The number of hydrogen-bond acceptors (Lipinski definition) is 17. The summed E-state index contributed by atoms with van der Waals surface area (Å²) < 4.78 is 12.2. The van der Waals surface area contributed by atoms with Crippen LogP contribution in [0.25, 0.3) is 0 Å². The molecule has 0 spiro atoms. The number of carbonyl (C=O) groups is 14. The third kappa shape index (κ3) is 31.6. The number of hydrogen-bond donors (Lipinski definition) is 7. The number of amides is 12. The topological polar surface area (TPSA) is 369 Å². The lowest BCUT2D eigenvalue weighted by Crippen LogP contribution is -2.60. The molecule has 0 radical (unpaired) electrons. The van der Waals surface area contributed by atoms with Crippen LogP contribution in [0.4, 0.5) is 0 Å². The van der Waals surface area contributed by atoms with E-state index in [1.54, 1.807) is 130 Å². The van der Waals surface area contributed by atoms with Crippen LogP contribution in [0, 0.1) is 41.4 Å². The van der Waals surface area contributed by atoms with Crippen molar-refractivity contribution in [2.45, 2.75) is 288 Å². The third-order valence-electron chi connectivity index (χ3n) is 23.8. The molecule has 0 saturated carbocycles. The molecule has 31 heteroatoms. The van der Waals surface area contributed by atoms with Crippen LogP contribution in [-0.4, -0.2) is 250 Å². The van der Waals surface area contributed by atoms with Crippen LogP contribution < -0.4 is 31.9 Å². The smallest absolute Gasteiger partial charge is 0.331 e. The highest BCUT2D eigenvalue weighted by Gasteiger charge is 2.44. The van der Waals surface area contributed by atoms with Gasteiger partial charge in [0, 0.05) is 82.2 Å². The lowest BCUT2D eigenvalue weighted by Gasteiger charge is -2.35. The Balaban J connectivity index is 0.000000640. The molecule has 16 atom stereocenters. The summed E-state index contributed by atoms with van der Waals surface area (Å²) in [6.45, 7) is 39.3. The van der Waals surface area contributed by atoms with Gasteiger partial charge in [-0.1, -0.05) is 161 Å². The van der Waals surface area contributed by atoms with E-state index in [-0.39, 0.29) is 66.8 Å². The maximum absolute atomic E-state index is 14.3. The molecule has 0 bridgehead atoms. The zero-order valence-corrected chi connectivity index (χ0v) is 80.3. The lowest BCUT2D eigenvalue weighted by atomic mass is 9.84. The maximum Gasteiger partial charge on any atom is 0.331 e. The first-order valence-corrected chi connectivity index (χ1v) is 43.9. The highest BCUT2D eigenvalue weighted by Crippen LogP contribution is 2.31. The van der Waals surface area contributed by atoms with Gasteiger partial charge in [-0.15, -0.1) is 0 Å². The van der Waals surface area contributed by atoms with Crippen LogP contribution in [0.15, 0.2) is 95.1 Å². The fourth-order valence-electron chi connectivity index (χ4n) is 14.4. The van der Waals surface area contributed by atoms with Gasteiger partial charge in [-0.05, 0) is 191 Å². The summed E-state index contributed by atoms with van der Waals surface area (Å²) >= 11 is 12.3. The first-order chi connectivity index (χ1) is 57.5. The Bertz CT molecular complexity index is 3920. The molecule has 0 aromatic heterocycles. The van der Waals surface area contributed by atoms with E-state index >= 15 is 0 Å². The van der Waals surface area contributed by atoms with Crippen LogP contribution >= 0.6 is 23.2 Å². The number of allylic oxidation sites excluding steroid dienone is 3. The highest BCUT2D eigenvalue weighted by atomic mass is 35.5. The van der Waals surface area contributed by atoms with Gasteiger partial charge < -0.3 is 75.9 Å². The predicted molar refractivity (Wildman–Crippen MR) is 482 cm³/mol. The van der Waals surface area contributed by atoms with Gasteiger partial charge in [0.1, 0.15) is 71.6 Å². The number of benzene rings is 2. The second kappa shape index (κ2) is 49.4. The fraction of sp³-hybridized carbons (Fsp3) is 0.634. The number of aliphatic hydroxyl groups is 1. The number of aliphatic hydroxyl groups excluding tert-OH is 1. The van der Waals surface area contributed by atoms with E-state index in [0.717, 1.165) is 10.5 Å². The summed E-state index contributed by atoms with van der Waals surface area (Å²) in [6, 6.07) is 4.99. The lowest BCUT2D eigenvalue weighted by molar-refractivity contribution is -0.160. The highest BCUT2D eigenvalue weighted by molar-refractivity contribution is 6.30. The van der Waals surface area contributed by atoms with Gasteiger partial charge in [-0.2, -0.15) is 0 Å². The molecule has 2 aliphatic heterocycles. The summed E-state index contributed by atoms with van der Waals surface area (Å²) in [7, 11) is 8.80. The van der Waals surface area contributed by atoms with Crippen molar-refractivity contribution in [3.63, 3.8) is 0 Å². The molecule has 2 aromatic carbocycles. The number of likely N-dealkylation sites (N-methyl/N-ethyl adjacent to an activating group) is 6. The van der Waals surface area contributed by atoms with Crippen molar-refractivity contribution < 1.29 is 81.7 Å². The Kier molecular flexibility index (Phi) is 43.3. The van der Waals surface area contributed by atoms with E-state index in [1.165, 1.54) is 87.4 Å². The van der Waals surface area contributed by atoms with Crippen molar-refractivity contribution >= 4 is 106 Å². The summed E-state index contributed by atoms with van der Waals surface area (Å²) in [4.78, 5) is 203. The molecule has 2 unspecified atom stereocenters. The van der Waals surface area contributed by atoms with Crippen LogP contribution in [0.2, 0.25) is 10.0 Å². The average molecular weight is 1770 g/mol. The summed E-state index contributed by atoms with van der Waals surface area (Å²) in [6.07, 6.45) is 6.51. The Morgan fingerprint density at radius 2 is 0.798 bits per heavy atom. The molecule has 2 aliphatic rings. The van der Waals surface area contributed by atoms with Crippen LogP contribution in [0.3, 0.4) is 0 Å². The number of cyclic esters (lactones) is 2. The first kappa shape index (κ1) is 109. The molecule has 124 heavy (non-hydrogen) atoms. The zero-order valence-electron chi connectivity index (χ0n) is 78.8. The Morgan fingerprint density at radius 1 is 0.476 bits per heavy atom. The number of nitrogens with one attached hydrogen (secondary N) is 6. The molecule has 4 rings (SSSR count). The Hall–Kier alpha value is -9.48. The van der Waals surface area contributed by atoms with Gasteiger partial charge in [0.2, 0.25) is 70.9 Å². The van der Waals surface area contributed by atoms with Crippen molar-refractivity contribution in [2.24, 2.45) is 41.4 Å². The largest absolute Gasteiger partial charge is 0.456 e. The van der Waals surface area contributed by atoms with Crippen LogP contribution in [0.5, 0.6) is 0 Å². The molecular weight excluding hydrogens is 1630 g/mol. The molecule has 12 amide bonds. The van der Waals surface area contributed by atoms with E-state index in [9.17, 15) is 72.2 Å². The van der Waals surface area contributed by atoms with Crippen LogP contribution in [0.1, 0.15) is 209 Å². The third-order valence-corrected chi connectivity index (χ3v) is 24.3. The van der Waals surface area contributed by atoms with E-state index in [2.05, 4.69) is 31.9 Å².